The average molecular weight is 507 g/mol. The number of aromatic amines is 1. The van der Waals surface area contributed by atoms with Crippen LogP contribution in [0.2, 0.25) is 0 Å². The molecule has 0 aliphatic carbocycles. The van der Waals surface area contributed by atoms with E-state index in [0.717, 1.165) is 30.5 Å². The third-order valence-corrected chi connectivity index (χ3v) is 6.81. The third-order valence-electron chi connectivity index (χ3n) is 6.81. The van der Waals surface area contributed by atoms with E-state index in [1.807, 2.05) is 12.1 Å². The van der Waals surface area contributed by atoms with E-state index >= 15 is 0 Å². The number of ether oxygens (including phenoxy) is 3. The molecule has 5 rings (SSSR count). The van der Waals surface area contributed by atoms with Gasteiger partial charge in [0.1, 0.15) is 12.4 Å². The summed E-state index contributed by atoms with van der Waals surface area (Å²) < 4.78 is 31.8. The van der Waals surface area contributed by atoms with Crippen molar-refractivity contribution < 1.29 is 23.4 Å². The van der Waals surface area contributed by atoms with E-state index in [4.69, 9.17) is 14.2 Å². The van der Waals surface area contributed by atoms with Gasteiger partial charge in [0.15, 0.2) is 11.6 Å². The van der Waals surface area contributed by atoms with Crippen LogP contribution in [0.5, 0.6) is 11.5 Å². The highest BCUT2D eigenvalue weighted by Gasteiger charge is 2.33. The van der Waals surface area contributed by atoms with Crippen molar-refractivity contribution in [3.8, 4) is 22.8 Å². The predicted octanol–water partition coefficient (Wildman–Crippen LogP) is 5.32. The second kappa shape index (κ2) is 11.0. The molecule has 1 aromatic carbocycles. The molecule has 3 N–H and O–H groups in total. The Kier molecular flexibility index (Phi) is 7.41. The number of para-hydroxylation sites is 1. The minimum Gasteiger partial charge on any atom is -0.492 e. The largest absolute Gasteiger partial charge is 0.492 e. The van der Waals surface area contributed by atoms with E-state index in [2.05, 4.69) is 27.5 Å². The number of H-pyrrole nitrogens is 1. The van der Waals surface area contributed by atoms with Crippen LogP contribution in [0.3, 0.4) is 0 Å². The Morgan fingerprint density at radius 3 is 3.00 bits per heavy atom. The summed E-state index contributed by atoms with van der Waals surface area (Å²) in [5, 5.41) is 6.33. The number of benzene rings is 1. The molecule has 0 spiro atoms. The maximum atomic E-state index is 14.5. The summed E-state index contributed by atoms with van der Waals surface area (Å²) in [6, 6.07) is 6.49. The zero-order valence-electron chi connectivity index (χ0n) is 21.0. The molecule has 37 heavy (non-hydrogen) atoms. The van der Waals surface area contributed by atoms with Crippen LogP contribution in [0, 0.1) is 5.82 Å². The van der Waals surface area contributed by atoms with Gasteiger partial charge in [0, 0.05) is 36.5 Å². The molecule has 0 saturated heterocycles. The molecule has 0 radical (unpaired) electrons. The van der Waals surface area contributed by atoms with Gasteiger partial charge in [0.05, 0.1) is 42.5 Å². The summed E-state index contributed by atoms with van der Waals surface area (Å²) in [6.45, 7) is 4.26. The first kappa shape index (κ1) is 24.8. The minimum atomic E-state index is -0.499. The number of rotatable bonds is 3. The second-order valence-corrected chi connectivity index (χ2v) is 9.25. The molecule has 2 aliphatic heterocycles. The van der Waals surface area contributed by atoms with E-state index in [1.54, 1.807) is 24.5 Å². The highest BCUT2D eigenvalue weighted by Crippen LogP contribution is 2.44. The molecule has 4 heterocycles. The Morgan fingerprint density at radius 1 is 1.24 bits per heavy atom. The number of pyridine rings is 1. The Labute approximate surface area is 215 Å². The minimum absolute atomic E-state index is 0.0681. The SMILES string of the molecule is COc1c(F)cccc1Nc1c2[nH]c3c1C(=O)NCC3CCCOCC/C(C)=C/COc1cnccc1-2. The van der Waals surface area contributed by atoms with Crippen LogP contribution < -0.4 is 20.1 Å². The number of fused-ring (bicyclic) bond motifs is 3. The van der Waals surface area contributed by atoms with Crippen LogP contribution in [0.15, 0.2) is 48.3 Å². The summed E-state index contributed by atoms with van der Waals surface area (Å²) in [6.07, 6.45) is 7.92. The van der Waals surface area contributed by atoms with E-state index in [-0.39, 0.29) is 17.6 Å². The van der Waals surface area contributed by atoms with Gasteiger partial charge < -0.3 is 29.8 Å². The van der Waals surface area contributed by atoms with E-state index in [9.17, 15) is 9.18 Å². The first-order valence-electron chi connectivity index (χ1n) is 12.5. The number of aromatic nitrogens is 2. The lowest BCUT2D eigenvalue weighted by Gasteiger charge is -2.24. The molecular formula is C28H31FN4O4. The van der Waals surface area contributed by atoms with Crippen molar-refractivity contribution in [3.05, 3.63) is 65.4 Å². The van der Waals surface area contributed by atoms with Crippen molar-refractivity contribution in [2.45, 2.75) is 32.1 Å². The number of methoxy groups -OCH3 is 1. The second-order valence-electron chi connectivity index (χ2n) is 9.25. The number of nitrogens with zero attached hydrogens (tertiary/aromatic N) is 1. The fourth-order valence-corrected chi connectivity index (χ4v) is 4.83. The zero-order valence-corrected chi connectivity index (χ0v) is 21.0. The van der Waals surface area contributed by atoms with E-state index in [1.165, 1.54) is 18.7 Å². The quantitative estimate of drug-likeness (QED) is 0.416. The molecule has 3 aromatic rings. The number of carbonyl (C=O) groups excluding carboxylic acids is 1. The first-order chi connectivity index (χ1) is 18.1. The van der Waals surface area contributed by atoms with Gasteiger partial charge in [-0.3, -0.25) is 9.78 Å². The van der Waals surface area contributed by atoms with Gasteiger partial charge in [-0.25, -0.2) is 4.39 Å². The van der Waals surface area contributed by atoms with Crippen molar-refractivity contribution in [3.63, 3.8) is 0 Å². The molecule has 0 saturated carbocycles. The summed E-state index contributed by atoms with van der Waals surface area (Å²) in [4.78, 5) is 21.0. The number of amides is 1. The highest BCUT2D eigenvalue weighted by atomic mass is 19.1. The Balaban J connectivity index is 1.66. The van der Waals surface area contributed by atoms with Crippen LogP contribution in [0.1, 0.15) is 48.2 Å². The van der Waals surface area contributed by atoms with Crippen LogP contribution in [0.4, 0.5) is 15.8 Å². The highest BCUT2D eigenvalue weighted by molar-refractivity contribution is 6.07. The van der Waals surface area contributed by atoms with Gasteiger partial charge in [0.2, 0.25) is 0 Å². The number of carbonyl (C=O) groups is 1. The number of hydrogen-bond acceptors (Lipinski definition) is 6. The van der Waals surface area contributed by atoms with Crippen molar-refractivity contribution in [2.24, 2.45) is 0 Å². The topological polar surface area (TPSA) is 97.5 Å². The van der Waals surface area contributed by atoms with Crippen molar-refractivity contribution in [2.75, 3.05) is 38.8 Å². The molecule has 194 valence electrons. The average Bonchev–Trinajstić information content (AvgIpc) is 3.27. The fraction of sp³-hybridized carbons (Fsp3) is 0.357. The first-order valence-corrected chi connectivity index (χ1v) is 12.5. The maximum Gasteiger partial charge on any atom is 0.255 e. The normalized spacial score (nSPS) is 19.6. The Bertz CT molecular complexity index is 1320. The number of hydrogen-bond donors (Lipinski definition) is 3. The molecule has 1 amide bonds. The van der Waals surface area contributed by atoms with Gasteiger partial charge >= 0.3 is 0 Å². The van der Waals surface area contributed by atoms with Crippen LogP contribution in [-0.2, 0) is 4.74 Å². The number of anilines is 2. The summed E-state index contributed by atoms with van der Waals surface area (Å²) >= 11 is 0. The van der Waals surface area contributed by atoms with Crippen molar-refractivity contribution in [1.82, 2.24) is 15.3 Å². The lowest BCUT2D eigenvalue weighted by atomic mass is 9.92. The van der Waals surface area contributed by atoms with Crippen LogP contribution in [0.25, 0.3) is 11.3 Å². The maximum absolute atomic E-state index is 14.5. The van der Waals surface area contributed by atoms with Crippen LogP contribution >= 0.6 is 0 Å². The van der Waals surface area contributed by atoms with Gasteiger partial charge in [-0.1, -0.05) is 11.6 Å². The molecule has 9 heteroatoms. The van der Waals surface area contributed by atoms with E-state index in [0.29, 0.717) is 54.7 Å². The summed E-state index contributed by atoms with van der Waals surface area (Å²) in [5.74, 6) is 0.0104. The summed E-state index contributed by atoms with van der Waals surface area (Å²) in [7, 11) is 1.42. The lowest BCUT2D eigenvalue weighted by Crippen LogP contribution is -2.35. The Morgan fingerprint density at radius 2 is 2.14 bits per heavy atom. The fourth-order valence-electron chi connectivity index (χ4n) is 4.83. The molecule has 1 atom stereocenters. The Hall–Kier alpha value is -3.85. The van der Waals surface area contributed by atoms with Crippen molar-refractivity contribution >= 4 is 17.3 Å². The van der Waals surface area contributed by atoms with E-state index < -0.39 is 5.82 Å². The summed E-state index contributed by atoms with van der Waals surface area (Å²) in [5.41, 5.74) is 4.88. The molecule has 0 fully saturated rings. The smallest absolute Gasteiger partial charge is 0.255 e. The van der Waals surface area contributed by atoms with Gasteiger partial charge in [0.25, 0.3) is 5.91 Å². The molecule has 2 bridgehead atoms. The van der Waals surface area contributed by atoms with Gasteiger partial charge in [-0.15, -0.1) is 0 Å². The zero-order chi connectivity index (χ0) is 25.8. The lowest BCUT2D eigenvalue weighted by molar-refractivity contribution is 0.0937. The van der Waals surface area contributed by atoms with Crippen molar-refractivity contribution in [1.29, 1.82) is 0 Å². The molecule has 2 aromatic heterocycles. The molecule has 2 aliphatic rings. The van der Waals surface area contributed by atoms with Gasteiger partial charge in [-0.2, -0.15) is 0 Å². The number of nitrogens with one attached hydrogen (secondary N) is 3. The third kappa shape index (κ3) is 5.17. The molecule has 8 nitrogen and oxygen atoms in total. The number of halogens is 1. The monoisotopic (exact) mass is 506 g/mol. The van der Waals surface area contributed by atoms with Crippen LogP contribution in [-0.4, -0.2) is 49.4 Å². The molecular weight excluding hydrogens is 475 g/mol. The van der Waals surface area contributed by atoms with Gasteiger partial charge in [-0.05, 0) is 50.5 Å². The predicted molar refractivity (Wildman–Crippen MR) is 139 cm³/mol. The standard InChI is InChI=1S/C28H31FN4O4/c1-17-9-13-36-12-4-5-18-15-31-28(34)23-24(18)33-25(19-8-11-30-16-22(19)37-14-10-17)26(23)32-21-7-3-6-20(29)27(21)35-2/h3,6-8,10-11,16,18,32-33H,4-5,9,12-15H2,1-2H3,(H,31,34)/b17-10+. The molecule has 1 unspecified atom stereocenters.